The van der Waals surface area contributed by atoms with Gasteiger partial charge in [0.15, 0.2) is 0 Å². The lowest BCUT2D eigenvalue weighted by Crippen LogP contribution is -2.01. The molecule has 0 saturated heterocycles. The van der Waals surface area contributed by atoms with Crippen LogP contribution in [0.15, 0.2) is 29.2 Å². The Hall–Kier alpha value is -1.07. The van der Waals surface area contributed by atoms with Crippen LogP contribution in [0.5, 0.6) is 5.75 Å². The first-order valence-electron chi connectivity index (χ1n) is 4.76. The largest absolute Gasteiger partial charge is 0.494 e. The molecule has 5 heteroatoms. The quantitative estimate of drug-likeness (QED) is 0.722. The Kier molecular flexibility index (Phi) is 4.11. The molecule has 4 nitrogen and oxygen atoms in total. The molecule has 0 amide bonds. The molecule has 0 aromatic heterocycles. The smallest absolute Gasteiger partial charge is 0.254 e. The van der Waals surface area contributed by atoms with Crippen LogP contribution in [0.25, 0.3) is 0 Å². The Morgan fingerprint density at radius 1 is 1.27 bits per heavy atom. The Morgan fingerprint density at radius 2 is 1.87 bits per heavy atom. The summed E-state index contributed by atoms with van der Waals surface area (Å²) >= 11 is 0. The maximum Gasteiger partial charge on any atom is 0.254 e. The first kappa shape index (κ1) is 12.0. The lowest BCUT2D eigenvalue weighted by molar-refractivity contribution is 0.309. The van der Waals surface area contributed by atoms with Crippen molar-refractivity contribution in [1.82, 2.24) is 5.14 Å². The van der Waals surface area contributed by atoms with Gasteiger partial charge in [0.2, 0.25) is 0 Å². The van der Waals surface area contributed by atoms with Crippen LogP contribution in [-0.2, 0) is 10.0 Å². The van der Waals surface area contributed by atoms with Gasteiger partial charge in [-0.15, -0.1) is 5.14 Å². The molecule has 1 aromatic carbocycles. The van der Waals surface area contributed by atoms with E-state index in [1.165, 1.54) is 12.1 Å². The van der Waals surface area contributed by atoms with Crippen molar-refractivity contribution in [2.24, 2.45) is 0 Å². The van der Waals surface area contributed by atoms with Crippen molar-refractivity contribution in [3.8, 4) is 5.75 Å². The van der Waals surface area contributed by atoms with Gasteiger partial charge in [0, 0.05) is 0 Å². The number of unbranched alkanes of at least 4 members (excludes halogenated alkanes) is 1. The van der Waals surface area contributed by atoms with E-state index < -0.39 is 10.0 Å². The van der Waals surface area contributed by atoms with E-state index >= 15 is 0 Å². The van der Waals surface area contributed by atoms with Crippen LogP contribution in [0.4, 0.5) is 0 Å². The van der Waals surface area contributed by atoms with E-state index in [0.717, 1.165) is 12.8 Å². The van der Waals surface area contributed by atoms with Gasteiger partial charge in [0.1, 0.15) is 5.75 Å². The molecule has 0 unspecified atom stereocenters. The third-order valence-electron chi connectivity index (χ3n) is 1.90. The highest BCUT2D eigenvalue weighted by Crippen LogP contribution is 2.15. The normalized spacial score (nSPS) is 11.3. The monoisotopic (exact) mass is 228 g/mol. The van der Waals surface area contributed by atoms with Gasteiger partial charge in [0.05, 0.1) is 11.5 Å². The SMILES string of the molecule is CCCCOc1ccc(S([NH])(=O)=O)cc1. The number of sulfonamides is 1. The fourth-order valence-electron chi connectivity index (χ4n) is 1.05. The predicted octanol–water partition coefficient (Wildman–Crippen LogP) is 1.84. The lowest BCUT2D eigenvalue weighted by atomic mass is 10.3. The minimum absolute atomic E-state index is 0.00894. The molecule has 15 heavy (non-hydrogen) atoms. The van der Waals surface area contributed by atoms with Crippen LogP contribution in [-0.4, -0.2) is 15.0 Å². The second kappa shape index (κ2) is 5.14. The highest BCUT2D eigenvalue weighted by atomic mass is 32.2. The molecule has 0 saturated carbocycles. The molecule has 0 fully saturated rings. The highest BCUT2D eigenvalue weighted by Gasteiger charge is 2.07. The molecule has 1 aromatic rings. The summed E-state index contributed by atoms with van der Waals surface area (Å²) in [6, 6.07) is 5.89. The van der Waals surface area contributed by atoms with Gasteiger partial charge in [-0.25, -0.2) is 8.42 Å². The third kappa shape index (κ3) is 3.89. The van der Waals surface area contributed by atoms with E-state index in [9.17, 15) is 8.42 Å². The zero-order valence-corrected chi connectivity index (χ0v) is 9.38. The number of benzene rings is 1. The Labute approximate surface area is 90.1 Å². The fraction of sp³-hybridized carbons (Fsp3) is 0.400. The zero-order chi connectivity index (χ0) is 11.3. The van der Waals surface area contributed by atoms with E-state index in [-0.39, 0.29) is 4.90 Å². The molecule has 83 valence electrons. The van der Waals surface area contributed by atoms with E-state index in [4.69, 9.17) is 9.88 Å². The van der Waals surface area contributed by atoms with Crippen molar-refractivity contribution in [3.63, 3.8) is 0 Å². The summed E-state index contributed by atoms with van der Waals surface area (Å²) in [7, 11) is -3.85. The van der Waals surface area contributed by atoms with E-state index in [1.54, 1.807) is 12.1 Å². The standard InChI is InChI=1S/C10H14NO3S/c1-2-3-8-14-9-4-6-10(7-5-9)15(11,12)13/h4-7,11H,2-3,8H2,1H3. The average molecular weight is 228 g/mol. The third-order valence-corrected chi connectivity index (χ3v) is 2.79. The summed E-state index contributed by atoms with van der Waals surface area (Å²) in [5.74, 6) is 0.635. The van der Waals surface area contributed by atoms with Gasteiger partial charge in [-0.2, -0.15) is 0 Å². The summed E-state index contributed by atoms with van der Waals surface area (Å²) in [5, 5.41) is 6.84. The molecule has 0 aliphatic heterocycles. The first-order valence-corrected chi connectivity index (χ1v) is 6.25. The number of hydrogen-bond acceptors (Lipinski definition) is 3. The molecule has 1 radical (unpaired) electrons. The van der Waals surface area contributed by atoms with Crippen molar-refractivity contribution >= 4 is 10.0 Å². The first-order chi connectivity index (χ1) is 7.04. The molecular weight excluding hydrogens is 214 g/mol. The molecular formula is C10H14NO3S. The Balaban J connectivity index is 2.65. The van der Waals surface area contributed by atoms with E-state index in [1.807, 2.05) is 0 Å². The topological polar surface area (TPSA) is 67.2 Å². The van der Waals surface area contributed by atoms with Gasteiger partial charge in [-0.1, -0.05) is 13.3 Å². The van der Waals surface area contributed by atoms with Gasteiger partial charge in [0.25, 0.3) is 10.0 Å². The molecule has 0 aliphatic rings. The Bertz CT molecular complexity index is 397. The zero-order valence-electron chi connectivity index (χ0n) is 8.56. The van der Waals surface area contributed by atoms with Crippen molar-refractivity contribution in [3.05, 3.63) is 24.3 Å². The predicted molar refractivity (Wildman–Crippen MR) is 57.1 cm³/mol. The van der Waals surface area contributed by atoms with Crippen LogP contribution < -0.4 is 9.88 Å². The van der Waals surface area contributed by atoms with Crippen molar-refractivity contribution in [1.29, 1.82) is 0 Å². The molecule has 0 atom stereocenters. The van der Waals surface area contributed by atoms with Crippen LogP contribution in [0.3, 0.4) is 0 Å². The minimum Gasteiger partial charge on any atom is -0.494 e. The molecule has 1 rings (SSSR count). The second-order valence-electron chi connectivity index (χ2n) is 3.18. The number of hydrogen-bond donors (Lipinski definition) is 0. The summed E-state index contributed by atoms with van der Waals surface area (Å²) in [6.07, 6.45) is 2.03. The van der Waals surface area contributed by atoms with Crippen LogP contribution in [0, 0.1) is 0 Å². The molecule has 0 aliphatic carbocycles. The number of nitrogens with one attached hydrogen (secondary N) is 1. The maximum absolute atomic E-state index is 10.8. The summed E-state index contributed by atoms with van der Waals surface area (Å²) in [4.78, 5) is -0.00894. The van der Waals surface area contributed by atoms with Crippen molar-refractivity contribution < 1.29 is 13.2 Å². The summed E-state index contributed by atoms with van der Waals surface area (Å²) < 4.78 is 27.0. The molecule has 0 spiro atoms. The van der Waals surface area contributed by atoms with E-state index in [0.29, 0.717) is 12.4 Å². The Morgan fingerprint density at radius 3 is 2.33 bits per heavy atom. The maximum atomic E-state index is 10.8. The van der Waals surface area contributed by atoms with Crippen molar-refractivity contribution in [2.75, 3.05) is 6.61 Å². The second-order valence-corrected chi connectivity index (χ2v) is 4.66. The molecule has 0 bridgehead atoms. The minimum atomic E-state index is -3.85. The van der Waals surface area contributed by atoms with Gasteiger partial charge < -0.3 is 4.74 Å². The summed E-state index contributed by atoms with van der Waals surface area (Å²) in [6.45, 7) is 2.70. The number of rotatable bonds is 5. The van der Waals surface area contributed by atoms with Crippen LogP contribution >= 0.6 is 0 Å². The highest BCUT2D eigenvalue weighted by molar-refractivity contribution is 7.88. The summed E-state index contributed by atoms with van der Waals surface area (Å²) in [5.41, 5.74) is 0. The van der Waals surface area contributed by atoms with Gasteiger partial charge >= 0.3 is 0 Å². The lowest BCUT2D eigenvalue weighted by Gasteiger charge is -2.05. The van der Waals surface area contributed by atoms with Crippen molar-refractivity contribution in [2.45, 2.75) is 24.7 Å². The van der Waals surface area contributed by atoms with Gasteiger partial charge in [-0.3, -0.25) is 0 Å². The molecule has 1 N–H and O–H groups in total. The van der Waals surface area contributed by atoms with Gasteiger partial charge in [-0.05, 0) is 30.7 Å². The fourth-order valence-corrected chi connectivity index (χ4v) is 1.54. The number of ether oxygens (including phenoxy) is 1. The molecule has 0 heterocycles. The van der Waals surface area contributed by atoms with E-state index in [2.05, 4.69) is 6.92 Å². The van der Waals surface area contributed by atoms with Crippen LogP contribution in [0.2, 0.25) is 0 Å². The average Bonchev–Trinajstić information content (AvgIpc) is 2.18. The van der Waals surface area contributed by atoms with Crippen LogP contribution in [0.1, 0.15) is 19.8 Å².